The molecule has 1 saturated heterocycles. The molecule has 4 nitrogen and oxygen atoms in total. The fourth-order valence-corrected chi connectivity index (χ4v) is 1.60. The van der Waals surface area contributed by atoms with Crippen molar-refractivity contribution in [2.75, 3.05) is 6.54 Å². The van der Waals surface area contributed by atoms with E-state index < -0.39 is 5.97 Å². The van der Waals surface area contributed by atoms with Crippen LogP contribution in [0.25, 0.3) is 0 Å². The van der Waals surface area contributed by atoms with Gasteiger partial charge in [0, 0.05) is 13.0 Å². The van der Waals surface area contributed by atoms with Crippen molar-refractivity contribution in [1.82, 2.24) is 5.32 Å². The minimum atomic E-state index is -0.833. The fraction of sp³-hybridized carbons (Fsp3) is 0.923. The lowest BCUT2D eigenvalue weighted by molar-refractivity contribution is -0.134. The van der Waals surface area contributed by atoms with Crippen LogP contribution in [0.4, 0.5) is 0 Å². The van der Waals surface area contributed by atoms with E-state index in [0.717, 1.165) is 26.2 Å². The van der Waals surface area contributed by atoms with Crippen LogP contribution in [0.15, 0.2) is 0 Å². The number of hydrogen-bond donors (Lipinski definition) is 3. The topological polar surface area (TPSA) is 69.6 Å². The summed E-state index contributed by atoms with van der Waals surface area (Å²) in [5, 5.41) is 20.1. The smallest absolute Gasteiger partial charge is 0.300 e. The van der Waals surface area contributed by atoms with Gasteiger partial charge in [0.1, 0.15) is 0 Å². The van der Waals surface area contributed by atoms with E-state index >= 15 is 0 Å². The van der Waals surface area contributed by atoms with E-state index in [2.05, 4.69) is 5.32 Å². The second-order valence-corrected chi connectivity index (χ2v) is 3.95. The van der Waals surface area contributed by atoms with Crippen molar-refractivity contribution in [2.45, 2.75) is 71.9 Å². The fourth-order valence-electron chi connectivity index (χ4n) is 1.60. The van der Waals surface area contributed by atoms with Crippen molar-refractivity contribution in [1.29, 1.82) is 0 Å². The molecule has 104 valence electrons. The quantitative estimate of drug-likeness (QED) is 0.713. The largest absolute Gasteiger partial charge is 0.481 e. The SMILES string of the molecule is CC.CC(=O)O.CCC(O)CCC1CCCN1. The Morgan fingerprint density at radius 3 is 2.35 bits per heavy atom. The molecule has 0 aromatic heterocycles. The Kier molecular flexibility index (Phi) is 14.8. The number of hydrogen-bond acceptors (Lipinski definition) is 3. The van der Waals surface area contributed by atoms with E-state index in [1.165, 1.54) is 19.4 Å². The Morgan fingerprint density at radius 1 is 1.47 bits per heavy atom. The van der Waals surface area contributed by atoms with Gasteiger partial charge in [-0.15, -0.1) is 0 Å². The number of nitrogens with one attached hydrogen (secondary N) is 1. The lowest BCUT2D eigenvalue weighted by atomic mass is 10.1. The van der Waals surface area contributed by atoms with Gasteiger partial charge in [-0.2, -0.15) is 0 Å². The molecule has 0 amide bonds. The Hall–Kier alpha value is -0.610. The summed E-state index contributed by atoms with van der Waals surface area (Å²) in [6.07, 6.45) is 5.55. The minimum Gasteiger partial charge on any atom is -0.481 e. The van der Waals surface area contributed by atoms with Crippen molar-refractivity contribution in [3.05, 3.63) is 0 Å². The van der Waals surface area contributed by atoms with Crippen LogP contribution in [0.1, 0.15) is 59.8 Å². The standard InChI is InChI=1S/C9H19NO.C2H4O2.C2H6/c1-2-9(11)6-5-8-4-3-7-10-8;1-2(3)4;1-2/h8-11H,2-7H2,1H3;1H3,(H,3,4);1-2H3. The zero-order chi connectivity index (χ0) is 13.7. The molecule has 17 heavy (non-hydrogen) atoms. The third-order valence-corrected chi connectivity index (χ3v) is 2.48. The molecule has 2 unspecified atom stereocenters. The molecule has 0 radical (unpaired) electrons. The number of aliphatic carboxylic acids is 1. The Balaban J connectivity index is 0. The summed E-state index contributed by atoms with van der Waals surface area (Å²) < 4.78 is 0. The van der Waals surface area contributed by atoms with E-state index in [9.17, 15) is 5.11 Å². The molecule has 1 rings (SSSR count). The maximum absolute atomic E-state index is 9.29. The van der Waals surface area contributed by atoms with Crippen LogP contribution in [0.2, 0.25) is 0 Å². The van der Waals surface area contributed by atoms with Gasteiger partial charge < -0.3 is 15.5 Å². The molecule has 4 heteroatoms. The average Bonchev–Trinajstić information content (AvgIpc) is 2.80. The van der Waals surface area contributed by atoms with Crippen LogP contribution in [0.5, 0.6) is 0 Å². The van der Waals surface area contributed by atoms with Crippen LogP contribution >= 0.6 is 0 Å². The third-order valence-electron chi connectivity index (χ3n) is 2.48. The second-order valence-electron chi connectivity index (χ2n) is 3.95. The highest BCUT2D eigenvalue weighted by Crippen LogP contribution is 2.12. The molecule has 0 aromatic carbocycles. The molecule has 0 aromatic rings. The number of carboxylic acid groups (broad SMARTS) is 1. The second kappa shape index (κ2) is 13.5. The summed E-state index contributed by atoms with van der Waals surface area (Å²) in [5.74, 6) is -0.833. The molecule has 0 spiro atoms. The summed E-state index contributed by atoms with van der Waals surface area (Å²) in [4.78, 5) is 9.00. The van der Waals surface area contributed by atoms with Crippen molar-refractivity contribution < 1.29 is 15.0 Å². The van der Waals surface area contributed by atoms with Crippen molar-refractivity contribution in [3.8, 4) is 0 Å². The van der Waals surface area contributed by atoms with Crippen LogP contribution in [0.3, 0.4) is 0 Å². The molecule has 1 aliphatic rings. The van der Waals surface area contributed by atoms with E-state index in [-0.39, 0.29) is 6.10 Å². The van der Waals surface area contributed by atoms with E-state index in [0.29, 0.717) is 6.04 Å². The molecule has 1 aliphatic heterocycles. The maximum atomic E-state index is 9.29. The molecule has 2 atom stereocenters. The lowest BCUT2D eigenvalue weighted by Crippen LogP contribution is -2.22. The Labute approximate surface area is 105 Å². The van der Waals surface area contributed by atoms with Gasteiger partial charge >= 0.3 is 0 Å². The Morgan fingerprint density at radius 2 is 2.00 bits per heavy atom. The van der Waals surface area contributed by atoms with Crippen LogP contribution in [-0.2, 0) is 4.79 Å². The van der Waals surface area contributed by atoms with Crippen molar-refractivity contribution >= 4 is 5.97 Å². The number of carbonyl (C=O) groups is 1. The van der Waals surface area contributed by atoms with Gasteiger partial charge in [-0.3, -0.25) is 4.79 Å². The monoisotopic (exact) mass is 247 g/mol. The molecule has 0 saturated carbocycles. The molecule has 1 heterocycles. The zero-order valence-corrected chi connectivity index (χ0v) is 11.7. The lowest BCUT2D eigenvalue weighted by Gasteiger charge is -2.12. The highest BCUT2D eigenvalue weighted by atomic mass is 16.4. The first-order chi connectivity index (χ1) is 8.06. The normalized spacial score (nSPS) is 19.5. The predicted molar refractivity (Wildman–Crippen MR) is 71.2 cm³/mol. The van der Waals surface area contributed by atoms with Gasteiger partial charge in [-0.25, -0.2) is 0 Å². The van der Waals surface area contributed by atoms with Gasteiger partial charge in [0.2, 0.25) is 0 Å². The first-order valence-electron chi connectivity index (χ1n) is 6.67. The zero-order valence-electron chi connectivity index (χ0n) is 11.7. The maximum Gasteiger partial charge on any atom is 0.300 e. The third kappa shape index (κ3) is 15.4. The average molecular weight is 247 g/mol. The number of rotatable bonds is 4. The summed E-state index contributed by atoms with van der Waals surface area (Å²) in [6, 6.07) is 0.691. The predicted octanol–water partition coefficient (Wildman–Crippen LogP) is 2.41. The molecule has 0 bridgehead atoms. The molecule has 1 fully saturated rings. The van der Waals surface area contributed by atoms with E-state index in [1.807, 2.05) is 20.8 Å². The summed E-state index contributed by atoms with van der Waals surface area (Å²) >= 11 is 0. The first kappa shape index (κ1) is 18.7. The summed E-state index contributed by atoms with van der Waals surface area (Å²) in [7, 11) is 0. The molecular weight excluding hydrogens is 218 g/mol. The first-order valence-corrected chi connectivity index (χ1v) is 6.67. The number of aliphatic hydroxyl groups excluding tert-OH is 1. The molecular formula is C13H29NO3. The summed E-state index contributed by atoms with van der Waals surface area (Å²) in [5.41, 5.74) is 0. The van der Waals surface area contributed by atoms with Gasteiger partial charge in [0.05, 0.1) is 6.10 Å². The van der Waals surface area contributed by atoms with Crippen LogP contribution in [0, 0.1) is 0 Å². The van der Waals surface area contributed by atoms with E-state index in [1.54, 1.807) is 0 Å². The number of aliphatic hydroxyl groups is 1. The van der Waals surface area contributed by atoms with Crippen molar-refractivity contribution in [2.24, 2.45) is 0 Å². The molecule has 0 aliphatic carbocycles. The van der Waals surface area contributed by atoms with Crippen LogP contribution < -0.4 is 5.32 Å². The van der Waals surface area contributed by atoms with E-state index in [4.69, 9.17) is 9.90 Å². The van der Waals surface area contributed by atoms with Gasteiger partial charge in [-0.05, 0) is 38.6 Å². The number of carboxylic acids is 1. The van der Waals surface area contributed by atoms with Gasteiger partial charge in [-0.1, -0.05) is 20.8 Å². The van der Waals surface area contributed by atoms with Crippen molar-refractivity contribution in [3.63, 3.8) is 0 Å². The van der Waals surface area contributed by atoms with Gasteiger partial charge in [0.15, 0.2) is 0 Å². The van der Waals surface area contributed by atoms with Gasteiger partial charge in [0.25, 0.3) is 5.97 Å². The minimum absolute atomic E-state index is 0.0719. The highest BCUT2D eigenvalue weighted by molar-refractivity contribution is 5.62. The summed E-state index contributed by atoms with van der Waals surface area (Å²) in [6.45, 7) is 8.29. The highest BCUT2D eigenvalue weighted by Gasteiger charge is 2.14. The molecule has 3 N–H and O–H groups in total. The van der Waals surface area contributed by atoms with Crippen LogP contribution in [-0.4, -0.2) is 34.9 Å². The Bertz CT molecular complexity index is 164.